The Kier molecular flexibility index (Phi) is 8.47. The zero-order chi connectivity index (χ0) is 30.5. The molecule has 10 heteroatoms. The minimum Gasteiger partial charge on any atom is -0.493 e. The first kappa shape index (κ1) is 29.0. The Balaban J connectivity index is 1.22. The van der Waals surface area contributed by atoms with Gasteiger partial charge in [-0.1, -0.05) is 30.3 Å². The van der Waals surface area contributed by atoms with E-state index in [0.29, 0.717) is 28.0 Å². The van der Waals surface area contributed by atoms with Crippen LogP contribution in [0.5, 0.6) is 11.5 Å². The molecule has 10 nitrogen and oxygen atoms in total. The fourth-order valence-corrected chi connectivity index (χ4v) is 4.59. The summed E-state index contributed by atoms with van der Waals surface area (Å²) in [6.07, 6.45) is 0.671. The van der Waals surface area contributed by atoms with Crippen molar-refractivity contribution in [3.63, 3.8) is 0 Å². The van der Waals surface area contributed by atoms with Crippen molar-refractivity contribution in [3.05, 3.63) is 123 Å². The van der Waals surface area contributed by atoms with Gasteiger partial charge in [-0.2, -0.15) is 0 Å². The van der Waals surface area contributed by atoms with Crippen LogP contribution in [-0.2, 0) is 6.42 Å². The molecule has 0 radical (unpaired) electrons. The van der Waals surface area contributed by atoms with Gasteiger partial charge < -0.3 is 19.9 Å². The minimum atomic E-state index is -1.52. The predicted octanol–water partition coefficient (Wildman–Crippen LogP) is 6.37. The van der Waals surface area contributed by atoms with Crippen LogP contribution >= 0.6 is 0 Å². The van der Waals surface area contributed by atoms with Crippen LogP contribution < -0.4 is 14.8 Å². The summed E-state index contributed by atoms with van der Waals surface area (Å²) < 4.78 is 10.4. The van der Waals surface area contributed by atoms with E-state index in [1.54, 1.807) is 36.4 Å². The first-order valence-corrected chi connectivity index (χ1v) is 13.7. The number of ketones is 1. The second-order valence-electron chi connectivity index (χ2n) is 10.2. The van der Waals surface area contributed by atoms with E-state index in [1.165, 1.54) is 18.2 Å². The van der Waals surface area contributed by atoms with Crippen LogP contribution in [0.25, 0.3) is 11.1 Å². The Bertz CT molecular complexity index is 1690. The summed E-state index contributed by atoms with van der Waals surface area (Å²) in [6.45, 7) is 2.07. The molecular formula is C33H28N2O8. The monoisotopic (exact) mass is 580 g/mol. The van der Waals surface area contributed by atoms with Gasteiger partial charge >= 0.3 is 6.16 Å². The highest BCUT2D eigenvalue weighted by Gasteiger charge is 2.24. The molecule has 4 aromatic carbocycles. The van der Waals surface area contributed by atoms with Gasteiger partial charge in [0, 0.05) is 46.8 Å². The molecule has 0 aliphatic heterocycles. The summed E-state index contributed by atoms with van der Waals surface area (Å²) in [5.74, 6) is 0.220. The number of ether oxygens (including phenoxy) is 2. The number of hydrogen-bond acceptors (Lipinski definition) is 7. The maximum absolute atomic E-state index is 13.1. The van der Waals surface area contributed by atoms with Crippen molar-refractivity contribution in [1.29, 1.82) is 0 Å². The Morgan fingerprint density at radius 1 is 0.907 bits per heavy atom. The van der Waals surface area contributed by atoms with Gasteiger partial charge in [-0.05, 0) is 78.9 Å². The summed E-state index contributed by atoms with van der Waals surface area (Å²) in [6, 6.07) is 23.4. The highest BCUT2D eigenvalue weighted by atomic mass is 16.7. The molecule has 2 N–H and O–H groups in total. The average Bonchev–Trinajstić information content (AvgIpc) is 3.82. The summed E-state index contributed by atoms with van der Waals surface area (Å²) in [5, 5.41) is 23.0. The van der Waals surface area contributed by atoms with Gasteiger partial charge in [-0.15, -0.1) is 0 Å². The lowest BCUT2D eigenvalue weighted by molar-refractivity contribution is -0.384. The maximum atomic E-state index is 13.1. The highest BCUT2D eigenvalue weighted by molar-refractivity contribution is 6.09. The van der Waals surface area contributed by atoms with Gasteiger partial charge in [0.25, 0.3) is 11.6 Å². The van der Waals surface area contributed by atoms with Crippen LogP contribution in [-0.4, -0.2) is 40.5 Å². The molecule has 0 unspecified atom stereocenters. The SMILES string of the molecule is Cc1ccc(C(=O)NC2CC2)cc1-c1ccc(C(=O)c2ccc(OCCc3cc([N+](=O)[O-])ccc3OC(=O)O)cc2)cc1. The number of hydrogen-bond donors (Lipinski definition) is 2. The van der Waals surface area contributed by atoms with Crippen molar-refractivity contribution in [1.82, 2.24) is 5.32 Å². The zero-order valence-corrected chi connectivity index (χ0v) is 23.2. The van der Waals surface area contributed by atoms with E-state index >= 15 is 0 Å². The van der Waals surface area contributed by atoms with Crippen LogP contribution in [0.15, 0.2) is 84.9 Å². The molecule has 0 aromatic heterocycles. The highest BCUT2D eigenvalue weighted by Crippen LogP contribution is 2.28. The van der Waals surface area contributed by atoms with Crippen molar-refractivity contribution in [3.8, 4) is 22.6 Å². The van der Waals surface area contributed by atoms with Crippen LogP contribution in [0.4, 0.5) is 10.5 Å². The molecule has 218 valence electrons. The third kappa shape index (κ3) is 7.23. The minimum absolute atomic E-state index is 0.00407. The van der Waals surface area contributed by atoms with Crippen LogP contribution in [0, 0.1) is 17.0 Å². The number of amides is 1. The molecule has 1 amide bonds. The largest absolute Gasteiger partial charge is 0.511 e. The molecular weight excluding hydrogens is 552 g/mol. The average molecular weight is 581 g/mol. The Morgan fingerprint density at radius 2 is 1.56 bits per heavy atom. The molecule has 1 aliphatic carbocycles. The topological polar surface area (TPSA) is 145 Å². The van der Waals surface area contributed by atoms with Gasteiger partial charge in [-0.3, -0.25) is 19.7 Å². The number of nitro benzene ring substituents is 1. The molecule has 0 heterocycles. The lowest BCUT2D eigenvalue weighted by Gasteiger charge is -2.11. The number of nitrogens with zero attached hydrogens (tertiary/aromatic N) is 1. The number of nitro groups is 1. The van der Waals surface area contributed by atoms with Crippen LogP contribution in [0.1, 0.15) is 50.2 Å². The number of rotatable bonds is 11. The second kappa shape index (κ2) is 12.6. The van der Waals surface area contributed by atoms with E-state index in [0.717, 1.165) is 29.5 Å². The summed E-state index contributed by atoms with van der Waals surface area (Å²) >= 11 is 0. The molecule has 4 aromatic rings. The fourth-order valence-electron chi connectivity index (χ4n) is 4.59. The summed E-state index contributed by atoms with van der Waals surface area (Å²) in [5.41, 5.74) is 4.55. The van der Waals surface area contributed by atoms with Crippen molar-refractivity contribution in [2.45, 2.75) is 32.2 Å². The smallest absolute Gasteiger partial charge is 0.493 e. The Labute approximate surface area is 247 Å². The van der Waals surface area contributed by atoms with E-state index in [9.17, 15) is 24.5 Å². The molecule has 0 bridgehead atoms. The summed E-state index contributed by atoms with van der Waals surface area (Å²) in [4.78, 5) is 47.1. The lowest BCUT2D eigenvalue weighted by Crippen LogP contribution is -2.25. The van der Waals surface area contributed by atoms with E-state index in [4.69, 9.17) is 14.6 Å². The first-order valence-electron chi connectivity index (χ1n) is 13.7. The van der Waals surface area contributed by atoms with Gasteiger partial charge in [0.05, 0.1) is 11.5 Å². The third-order valence-electron chi connectivity index (χ3n) is 7.08. The zero-order valence-electron chi connectivity index (χ0n) is 23.2. The number of benzene rings is 4. The van der Waals surface area contributed by atoms with Crippen molar-refractivity contribution in [2.24, 2.45) is 0 Å². The predicted molar refractivity (Wildman–Crippen MR) is 158 cm³/mol. The van der Waals surface area contributed by atoms with E-state index in [2.05, 4.69) is 5.32 Å². The summed E-state index contributed by atoms with van der Waals surface area (Å²) in [7, 11) is 0. The molecule has 1 saturated carbocycles. The van der Waals surface area contributed by atoms with Gasteiger partial charge in [0.2, 0.25) is 0 Å². The molecule has 0 saturated heterocycles. The van der Waals surface area contributed by atoms with Crippen molar-refractivity contribution < 1.29 is 33.9 Å². The number of carbonyl (C=O) groups excluding carboxylic acids is 2. The standard InChI is InChI=1S/C33H28N2O8/c1-20-2-3-25(32(37)34-26-10-11-26)19-29(20)21-4-6-22(7-5-21)31(36)23-8-13-28(14-9-23)42-17-16-24-18-27(35(40)41)12-15-30(24)43-33(38)39/h2-9,12-15,18-19,26H,10-11,16-17H2,1H3,(H,34,37)(H,38,39). The Hall–Kier alpha value is -5.51. The molecule has 0 atom stereocenters. The van der Waals surface area contributed by atoms with Crippen molar-refractivity contribution >= 4 is 23.5 Å². The molecule has 43 heavy (non-hydrogen) atoms. The molecule has 1 aliphatic rings. The molecule has 5 rings (SSSR count). The molecule has 1 fully saturated rings. The molecule has 0 spiro atoms. The quantitative estimate of drug-likeness (QED) is 0.0684. The third-order valence-corrected chi connectivity index (χ3v) is 7.08. The lowest BCUT2D eigenvalue weighted by atomic mass is 9.95. The van der Waals surface area contributed by atoms with Gasteiger partial charge in [0.1, 0.15) is 11.5 Å². The number of nitrogens with one attached hydrogen (secondary N) is 1. The second-order valence-corrected chi connectivity index (χ2v) is 10.2. The first-order chi connectivity index (χ1) is 20.7. The normalized spacial score (nSPS) is 12.3. The van der Waals surface area contributed by atoms with Crippen LogP contribution in [0.3, 0.4) is 0 Å². The fraction of sp³-hybridized carbons (Fsp3) is 0.182. The van der Waals surface area contributed by atoms with E-state index in [1.807, 2.05) is 37.3 Å². The van der Waals surface area contributed by atoms with Crippen molar-refractivity contribution in [2.75, 3.05) is 6.61 Å². The van der Waals surface area contributed by atoms with Crippen LogP contribution in [0.2, 0.25) is 0 Å². The number of carboxylic acid groups (broad SMARTS) is 1. The van der Waals surface area contributed by atoms with E-state index in [-0.39, 0.29) is 42.2 Å². The Morgan fingerprint density at radius 3 is 2.19 bits per heavy atom. The van der Waals surface area contributed by atoms with E-state index < -0.39 is 11.1 Å². The number of non-ortho nitro benzene ring substituents is 1. The number of aryl methyl sites for hydroxylation is 1. The maximum Gasteiger partial charge on any atom is 0.511 e. The number of carbonyl (C=O) groups is 3. The van der Waals surface area contributed by atoms with Gasteiger partial charge in [-0.25, -0.2) is 4.79 Å². The van der Waals surface area contributed by atoms with Gasteiger partial charge in [0.15, 0.2) is 5.78 Å².